The zero-order valence-electron chi connectivity index (χ0n) is 15.2. The van der Waals surface area contributed by atoms with Crippen molar-refractivity contribution in [1.29, 1.82) is 5.26 Å². The highest BCUT2D eigenvalue weighted by molar-refractivity contribution is 5.91. The maximum Gasteiger partial charge on any atom is 0.196 e. The lowest BCUT2D eigenvalue weighted by molar-refractivity contribution is -0.125. The predicted molar refractivity (Wildman–Crippen MR) is 102 cm³/mol. The van der Waals surface area contributed by atoms with Gasteiger partial charge in [-0.15, -0.1) is 0 Å². The molecule has 3 rings (SSSR count). The molecule has 3 aromatic rings. The molecule has 0 spiro atoms. The fraction of sp³-hybridized carbons (Fsp3) is 0.182. The summed E-state index contributed by atoms with van der Waals surface area (Å²) in [6.07, 6.45) is 1.06. The van der Waals surface area contributed by atoms with Gasteiger partial charge >= 0.3 is 0 Å². The minimum absolute atomic E-state index is 0.274. The summed E-state index contributed by atoms with van der Waals surface area (Å²) in [6.45, 7) is 1.66. The number of rotatable bonds is 7. The Bertz CT molecular complexity index is 940. The van der Waals surface area contributed by atoms with Crippen molar-refractivity contribution in [2.24, 2.45) is 7.05 Å². The summed E-state index contributed by atoms with van der Waals surface area (Å²) in [5.74, 6) is 0.824. The van der Waals surface area contributed by atoms with Crippen molar-refractivity contribution in [1.82, 2.24) is 4.57 Å². The van der Waals surface area contributed by atoms with Crippen LogP contribution in [0.2, 0.25) is 0 Å². The molecule has 0 bridgehead atoms. The summed E-state index contributed by atoms with van der Waals surface area (Å²) < 4.78 is 13.2. The van der Waals surface area contributed by atoms with Crippen molar-refractivity contribution < 1.29 is 14.3 Å². The molecule has 1 heterocycles. The smallest absolute Gasteiger partial charge is 0.196 e. The Balaban J connectivity index is 1.65. The van der Waals surface area contributed by atoms with Gasteiger partial charge in [-0.3, -0.25) is 4.79 Å². The number of hydrogen-bond donors (Lipinski definition) is 0. The van der Waals surface area contributed by atoms with Crippen LogP contribution in [0.15, 0.2) is 72.9 Å². The van der Waals surface area contributed by atoms with E-state index in [0.29, 0.717) is 17.2 Å². The number of carbonyl (C=O) groups is 1. The van der Waals surface area contributed by atoms with Gasteiger partial charge in [-0.05, 0) is 55.5 Å². The number of benzene rings is 2. The molecule has 0 aliphatic rings. The summed E-state index contributed by atoms with van der Waals surface area (Å²) >= 11 is 0. The van der Waals surface area contributed by atoms with Crippen molar-refractivity contribution in [3.05, 3.63) is 78.6 Å². The van der Waals surface area contributed by atoms with Gasteiger partial charge in [-0.2, -0.15) is 5.26 Å². The monoisotopic (exact) mass is 360 g/mol. The normalized spacial score (nSPS) is 12.6. The van der Waals surface area contributed by atoms with Gasteiger partial charge in [-0.25, -0.2) is 0 Å². The Morgan fingerprint density at radius 2 is 1.59 bits per heavy atom. The molecule has 0 radical (unpaired) electrons. The molecule has 0 fully saturated rings. The third-order valence-electron chi connectivity index (χ3n) is 4.21. The topological polar surface area (TPSA) is 64.2 Å². The third-order valence-corrected chi connectivity index (χ3v) is 4.21. The molecule has 0 saturated heterocycles. The lowest BCUT2D eigenvalue weighted by Gasteiger charge is -2.17. The van der Waals surface area contributed by atoms with E-state index < -0.39 is 12.0 Å². The number of nitrogens with zero attached hydrogens (tertiary/aromatic N) is 2. The van der Waals surface area contributed by atoms with Crippen LogP contribution in [0.3, 0.4) is 0 Å². The van der Waals surface area contributed by atoms with Gasteiger partial charge in [0.1, 0.15) is 23.2 Å². The van der Waals surface area contributed by atoms with Gasteiger partial charge in [0.2, 0.25) is 0 Å². The lowest BCUT2D eigenvalue weighted by atomic mass is 9.98. The number of nitriles is 1. The molecule has 27 heavy (non-hydrogen) atoms. The van der Waals surface area contributed by atoms with Crippen LogP contribution in [0.1, 0.15) is 18.5 Å². The van der Waals surface area contributed by atoms with E-state index >= 15 is 0 Å². The second kappa shape index (κ2) is 8.24. The molecule has 5 heteroatoms. The maximum atomic E-state index is 12.7. The number of ketones is 1. The quantitative estimate of drug-likeness (QED) is 0.624. The number of carbonyl (C=O) groups excluding carboxylic acids is 1. The highest BCUT2D eigenvalue weighted by Crippen LogP contribution is 2.25. The van der Waals surface area contributed by atoms with Crippen LogP contribution in [0, 0.1) is 11.3 Å². The third kappa shape index (κ3) is 4.36. The molecule has 136 valence electrons. The molecule has 0 saturated carbocycles. The average molecular weight is 360 g/mol. The van der Waals surface area contributed by atoms with Crippen LogP contribution in [-0.2, 0) is 11.8 Å². The average Bonchev–Trinajstić information content (AvgIpc) is 3.10. The van der Waals surface area contributed by atoms with Gasteiger partial charge in [0, 0.05) is 18.9 Å². The van der Waals surface area contributed by atoms with E-state index in [9.17, 15) is 10.1 Å². The number of hydrogen-bond acceptors (Lipinski definition) is 4. The summed E-state index contributed by atoms with van der Waals surface area (Å²) in [7, 11) is 1.81. The Labute approximate surface area is 158 Å². The largest absolute Gasteiger partial charge is 0.483 e. The van der Waals surface area contributed by atoms with Crippen LogP contribution in [0.5, 0.6) is 17.2 Å². The van der Waals surface area contributed by atoms with E-state index in [1.165, 1.54) is 0 Å². The molecular weight excluding hydrogens is 340 g/mol. The zero-order chi connectivity index (χ0) is 19.2. The SMILES string of the molecule is CC(Oc1ccc(Oc2ccccc2)cc1)C(=O)C(C#N)c1cccn1C. The summed E-state index contributed by atoms with van der Waals surface area (Å²) in [6, 6.07) is 22.2. The number of para-hydroxylation sites is 1. The Hall–Kier alpha value is -3.52. The molecule has 0 aliphatic carbocycles. The fourth-order valence-electron chi connectivity index (χ4n) is 2.76. The first kappa shape index (κ1) is 18.3. The van der Waals surface area contributed by atoms with Gasteiger partial charge in [0.25, 0.3) is 0 Å². The van der Waals surface area contributed by atoms with Crippen molar-refractivity contribution >= 4 is 5.78 Å². The first-order chi connectivity index (χ1) is 13.1. The van der Waals surface area contributed by atoms with Crippen LogP contribution in [-0.4, -0.2) is 16.5 Å². The molecule has 0 aliphatic heterocycles. The maximum absolute atomic E-state index is 12.7. The van der Waals surface area contributed by atoms with E-state index in [1.807, 2.05) is 49.6 Å². The van der Waals surface area contributed by atoms with E-state index in [-0.39, 0.29) is 5.78 Å². The van der Waals surface area contributed by atoms with Gasteiger partial charge in [0.05, 0.1) is 6.07 Å². The molecule has 2 unspecified atom stereocenters. The standard InChI is InChI=1S/C22H20N2O3/c1-16(22(25)20(15-23)21-9-6-14-24(21)2)26-18-10-12-19(13-11-18)27-17-7-4-3-5-8-17/h3-14,16,20H,1-2H3. The fourth-order valence-corrected chi connectivity index (χ4v) is 2.76. The second-order valence-electron chi connectivity index (χ2n) is 6.16. The number of aryl methyl sites for hydroxylation is 1. The molecule has 0 amide bonds. The first-order valence-electron chi connectivity index (χ1n) is 8.62. The molecule has 2 aromatic carbocycles. The summed E-state index contributed by atoms with van der Waals surface area (Å²) in [5, 5.41) is 9.43. The van der Waals surface area contributed by atoms with Crippen molar-refractivity contribution in [2.75, 3.05) is 0 Å². The highest BCUT2D eigenvalue weighted by atomic mass is 16.5. The molecule has 2 atom stereocenters. The van der Waals surface area contributed by atoms with Crippen molar-refractivity contribution in [3.8, 4) is 23.3 Å². The van der Waals surface area contributed by atoms with E-state index in [4.69, 9.17) is 9.47 Å². The summed E-state index contributed by atoms with van der Waals surface area (Å²) in [5.41, 5.74) is 0.657. The van der Waals surface area contributed by atoms with Crippen molar-refractivity contribution in [3.63, 3.8) is 0 Å². The van der Waals surface area contributed by atoms with Crippen LogP contribution < -0.4 is 9.47 Å². The Kier molecular flexibility index (Phi) is 5.58. The predicted octanol–water partition coefficient (Wildman–Crippen LogP) is 4.46. The first-order valence-corrected chi connectivity index (χ1v) is 8.62. The minimum atomic E-state index is -0.860. The second-order valence-corrected chi connectivity index (χ2v) is 6.16. The molecule has 5 nitrogen and oxygen atoms in total. The molecular formula is C22H20N2O3. The van der Waals surface area contributed by atoms with E-state index in [0.717, 1.165) is 5.75 Å². The van der Waals surface area contributed by atoms with Crippen LogP contribution in [0.25, 0.3) is 0 Å². The van der Waals surface area contributed by atoms with Gasteiger partial charge < -0.3 is 14.0 Å². The lowest BCUT2D eigenvalue weighted by Crippen LogP contribution is -2.29. The number of aromatic nitrogens is 1. The van der Waals surface area contributed by atoms with Gasteiger partial charge in [-0.1, -0.05) is 18.2 Å². The van der Waals surface area contributed by atoms with Crippen molar-refractivity contribution in [2.45, 2.75) is 18.9 Å². The Morgan fingerprint density at radius 1 is 0.963 bits per heavy atom. The number of Topliss-reactive ketones (excluding diaryl/α,β-unsaturated/α-hetero) is 1. The zero-order valence-corrected chi connectivity index (χ0v) is 15.2. The molecule has 0 N–H and O–H groups in total. The highest BCUT2D eigenvalue weighted by Gasteiger charge is 2.28. The van der Waals surface area contributed by atoms with Crippen LogP contribution >= 0.6 is 0 Å². The summed E-state index contributed by atoms with van der Waals surface area (Å²) in [4.78, 5) is 12.7. The minimum Gasteiger partial charge on any atom is -0.483 e. The van der Waals surface area contributed by atoms with Crippen LogP contribution in [0.4, 0.5) is 0 Å². The van der Waals surface area contributed by atoms with E-state index in [1.54, 1.807) is 41.8 Å². The molecule has 1 aromatic heterocycles. The Morgan fingerprint density at radius 3 is 2.19 bits per heavy atom. The number of ether oxygens (including phenoxy) is 2. The van der Waals surface area contributed by atoms with E-state index in [2.05, 4.69) is 6.07 Å². The van der Waals surface area contributed by atoms with Gasteiger partial charge in [0.15, 0.2) is 11.9 Å².